The highest BCUT2D eigenvalue weighted by Gasteiger charge is 2.69. The first-order chi connectivity index (χ1) is 16.6. The van der Waals surface area contributed by atoms with Crippen LogP contribution in [0.1, 0.15) is 93.4 Å². The molecule has 0 aromatic rings. The van der Waals surface area contributed by atoms with Gasteiger partial charge >= 0.3 is 0 Å². The van der Waals surface area contributed by atoms with Crippen LogP contribution in [0.4, 0.5) is 0 Å². The highest BCUT2D eigenvalue weighted by molar-refractivity contribution is 6.04. The second kappa shape index (κ2) is 7.66. The van der Waals surface area contributed by atoms with E-state index in [0.29, 0.717) is 5.92 Å². The number of carbonyl (C=O) groups is 2. The van der Waals surface area contributed by atoms with Gasteiger partial charge in [-0.2, -0.15) is 5.26 Å². The minimum absolute atomic E-state index is 0.00692. The van der Waals surface area contributed by atoms with E-state index in [9.17, 15) is 14.9 Å². The van der Waals surface area contributed by atoms with Crippen molar-refractivity contribution in [2.24, 2.45) is 50.2 Å². The molecular weight excluding hydrogens is 446 g/mol. The molecule has 0 amide bonds. The van der Waals surface area contributed by atoms with Crippen molar-refractivity contribution in [2.75, 3.05) is 13.7 Å². The lowest BCUT2D eigenvalue weighted by Gasteiger charge is -2.69. The number of ether oxygens (including phenoxy) is 1. The number of allylic oxidation sites excluding steroid dienone is 4. The molecule has 0 heterocycles. The van der Waals surface area contributed by atoms with Gasteiger partial charge < -0.3 is 4.74 Å². The fraction of sp³-hybridized carbons (Fsp3) is 0.781. The first kappa shape index (κ1) is 25.9. The average molecular weight is 492 g/mol. The molecular formula is C32H45NO3. The molecule has 0 bridgehead atoms. The van der Waals surface area contributed by atoms with Gasteiger partial charge in [0.15, 0.2) is 11.6 Å². The van der Waals surface area contributed by atoms with Gasteiger partial charge in [-0.15, -0.1) is 0 Å². The smallest absolute Gasteiger partial charge is 0.178 e. The summed E-state index contributed by atoms with van der Waals surface area (Å²) < 4.78 is 5.84. The molecule has 0 radical (unpaired) electrons. The maximum absolute atomic E-state index is 14.4. The van der Waals surface area contributed by atoms with Crippen LogP contribution < -0.4 is 0 Å². The number of Topliss-reactive ketones (excluding diaryl/α,β-unsaturated/α-hetero) is 1. The van der Waals surface area contributed by atoms with Crippen molar-refractivity contribution in [1.82, 2.24) is 0 Å². The average Bonchev–Trinajstić information content (AvgIpc) is 2.79. The van der Waals surface area contributed by atoms with Gasteiger partial charge in [-0.3, -0.25) is 9.59 Å². The van der Waals surface area contributed by atoms with Crippen LogP contribution >= 0.6 is 0 Å². The summed E-state index contributed by atoms with van der Waals surface area (Å²) in [7, 11) is 1.81. The molecule has 0 aromatic carbocycles. The fourth-order valence-corrected chi connectivity index (χ4v) is 10.3. The number of carbonyl (C=O) groups excluding carboxylic acids is 2. The lowest BCUT2D eigenvalue weighted by atomic mass is 9.34. The highest BCUT2D eigenvalue weighted by atomic mass is 16.5. The number of ketones is 2. The Hall–Kier alpha value is -1.73. The minimum Gasteiger partial charge on any atom is -0.384 e. The molecule has 0 saturated heterocycles. The molecule has 5 aliphatic carbocycles. The zero-order valence-corrected chi connectivity index (χ0v) is 23.7. The zero-order chi connectivity index (χ0) is 26.5. The second-order valence-electron chi connectivity index (χ2n) is 15.1. The third-order valence-electron chi connectivity index (χ3n) is 12.5. The van der Waals surface area contributed by atoms with Crippen LogP contribution in [-0.4, -0.2) is 25.3 Å². The molecule has 3 fully saturated rings. The molecule has 1 unspecified atom stereocenters. The summed E-state index contributed by atoms with van der Waals surface area (Å²) in [5.41, 5.74) is 0.372. The predicted molar refractivity (Wildman–Crippen MR) is 141 cm³/mol. The minimum atomic E-state index is -0.620. The first-order valence-electron chi connectivity index (χ1n) is 14.1. The number of methoxy groups -OCH3 is 1. The molecule has 4 heteroatoms. The van der Waals surface area contributed by atoms with Crippen LogP contribution in [0, 0.1) is 61.6 Å². The van der Waals surface area contributed by atoms with Crippen LogP contribution in [-0.2, 0) is 14.3 Å². The van der Waals surface area contributed by atoms with Gasteiger partial charge in [-0.1, -0.05) is 60.1 Å². The Labute approximate surface area is 217 Å². The van der Waals surface area contributed by atoms with Crippen molar-refractivity contribution >= 4 is 11.6 Å². The molecule has 196 valence electrons. The third kappa shape index (κ3) is 3.08. The summed E-state index contributed by atoms with van der Waals surface area (Å²) in [6, 6.07) is 2.20. The topological polar surface area (TPSA) is 67.2 Å². The third-order valence-corrected chi connectivity index (χ3v) is 12.5. The number of nitriles is 1. The Balaban J connectivity index is 1.69. The monoisotopic (exact) mass is 491 g/mol. The van der Waals surface area contributed by atoms with Crippen LogP contribution in [0.15, 0.2) is 23.3 Å². The molecule has 0 aliphatic heterocycles. The van der Waals surface area contributed by atoms with E-state index in [1.165, 1.54) is 12.0 Å². The van der Waals surface area contributed by atoms with Crippen LogP contribution in [0.25, 0.3) is 0 Å². The molecule has 0 N–H and O–H groups in total. The normalized spacial score (nSPS) is 46.8. The quantitative estimate of drug-likeness (QED) is 0.423. The van der Waals surface area contributed by atoms with Crippen molar-refractivity contribution in [3.63, 3.8) is 0 Å². The maximum Gasteiger partial charge on any atom is 0.178 e. The van der Waals surface area contributed by atoms with Gasteiger partial charge in [0.05, 0.1) is 12.2 Å². The Morgan fingerprint density at radius 2 is 1.67 bits per heavy atom. The predicted octanol–water partition coefficient (Wildman–Crippen LogP) is 6.85. The van der Waals surface area contributed by atoms with Crippen LogP contribution in [0.3, 0.4) is 0 Å². The lowest BCUT2D eigenvalue weighted by molar-refractivity contribution is -0.179. The fourth-order valence-electron chi connectivity index (χ4n) is 10.3. The van der Waals surface area contributed by atoms with Crippen molar-refractivity contribution in [3.05, 3.63) is 23.3 Å². The van der Waals surface area contributed by atoms with E-state index in [-0.39, 0.29) is 50.6 Å². The van der Waals surface area contributed by atoms with Crippen LogP contribution in [0.5, 0.6) is 0 Å². The van der Waals surface area contributed by atoms with Gasteiger partial charge in [0.2, 0.25) is 0 Å². The van der Waals surface area contributed by atoms with Gasteiger partial charge in [0.1, 0.15) is 6.07 Å². The summed E-state index contributed by atoms with van der Waals surface area (Å²) in [6.45, 7) is 16.5. The van der Waals surface area contributed by atoms with E-state index in [0.717, 1.165) is 45.1 Å². The molecule has 7 atom stereocenters. The molecule has 36 heavy (non-hydrogen) atoms. The number of fused-ring (bicyclic) bond motifs is 7. The first-order valence-corrected chi connectivity index (χ1v) is 14.1. The van der Waals surface area contributed by atoms with E-state index in [2.05, 4.69) is 40.7 Å². The lowest BCUT2D eigenvalue weighted by Crippen LogP contribution is -2.65. The van der Waals surface area contributed by atoms with Gasteiger partial charge in [-0.05, 0) is 84.5 Å². The van der Waals surface area contributed by atoms with E-state index < -0.39 is 10.8 Å². The van der Waals surface area contributed by atoms with Gasteiger partial charge in [-0.25, -0.2) is 0 Å². The van der Waals surface area contributed by atoms with Crippen molar-refractivity contribution in [3.8, 4) is 6.07 Å². The maximum atomic E-state index is 14.4. The Kier molecular flexibility index (Phi) is 5.51. The largest absolute Gasteiger partial charge is 0.384 e. The summed E-state index contributed by atoms with van der Waals surface area (Å²) in [4.78, 5) is 27.6. The highest BCUT2D eigenvalue weighted by Crippen LogP contribution is 2.74. The summed E-state index contributed by atoms with van der Waals surface area (Å²) in [6.07, 6.45) is 11.4. The molecule has 4 nitrogen and oxygen atoms in total. The summed E-state index contributed by atoms with van der Waals surface area (Å²) >= 11 is 0. The standard InChI is InChI=1S/C32H45NO3/c1-27(2)11-13-32(19-36-8)14-12-31(7)25(21(32)17-27)22(34)15-24-29(5)16-20(18-33)26(35)28(3,4)23(29)9-10-30(24,31)6/h15-16,21,23,25H,9-14,17,19H2,1-8H3/t21-,23-,25-,29-,30+,31+,32?/m0/s1. The van der Waals surface area contributed by atoms with Crippen molar-refractivity contribution < 1.29 is 14.3 Å². The molecule has 5 aliphatic rings. The van der Waals surface area contributed by atoms with Gasteiger partial charge in [0.25, 0.3) is 0 Å². The van der Waals surface area contributed by atoms with E-state index in [4.69, 9.17) is 4.74 Å². The number of nitrogens with zero attached hydrogens (tertiary/aromatic N) is 1. The summed E-state index contributed by atoms with van der Waals surface area (Å²) in [5, 5.41) is 9.87. The Bertz CT molecular complexity index is 1120. The Morgan fingerprint density at radius 1 is 1.00 bits per heavy atom. The number of rotatable bonds is 2. The van der Waals surface area contributed by atoms with Crippen molar-refractivity contribution in [1.29, 1.82) is 5.26 Å². The Morgan fingerprint density at radius 3 is 2.31 bits per heavy atom. The van der Waals surface area contributed by atoms with E-state index in [1.54, 1.807) is 0 Å². The number of hydrogen-bond acceptors (Lipinski definition) is 4. The summed E-state index contributed by atoms with van der Waals surface area (Å²) in [5.74, 6) is 0.632. The van der Waals surface area contributed by atoms with Gasteiger partial charge in [0, 0.05) is 23.9 Å². The van der Waals surface area contributed by atoms with E-state index in [1.807, 2.05) is 33.1 Å². The zero-order valence-electron chi connectivity index (χ0n) is 23.7. The van der Waals surface area contributed by atoms with Crippen LogP contribution in [0.2, 0.25) is 0 Å². The molecule has 3 saturated carbocycles. The number of hydrogen-bond donors (Lipinski definition) is 0. The van der Waals surface area contributed by atoms with Crippen molar-refractivity contribution in [2.45, 2.75) is 93.4 Å². The van der Waals surface area contributed by atoms with E-state index >= 15 is 0 Å². The molecule has 5 rings (SSSR count). The molecule has 0 aromatic heterocycles. The SMILES string of the molecule is COCC12CCC(C)(C)C[C@H]1[C@H]1C(=O)C=C3[C@@]4(C)C=C(C#N)C(=O)C(C)(C)[C@@H]4CC[C@@]3(C)[C@]1(C)CC2. The second-order valence-corrected chi connectivity index (χ2v) is 15.1. The molecule has 0 spiro atoms.